The van der Waals surface area contributed by atoms with Crippen LogP contribution in [-0.4, -0.2) is 45.4 Å². The van der Waals surface area contributed by atoms with E-state index >= 15 is 0 Å². The molecule has 2 heterocycles. The molecule has 1 fully saturated rings. The molecule has 3 rings (SSSR count). The van der Waals surface area contributed by atoms with E-state index in [0.717, 1.165) is 37.8 Å². The lowest BCUT2D eigenvalue weighted by molar-refractivity contribution is 0.122. The highest BCUT2D eigenvalue weighted by Crippen LogP contribution is 2.27. The highest BCUT2D eigenvalue weighted by Gasteiger charge is 2.14. The van der Waals surface area contributed by atoms with E-state index in [-0.39, 0.29) is 6.04 Å². The van der Waals surface area contributed by atoms with Gasteiger partial charge in [0, 0.05) is 32.9 Å². The normalized spacial score (nSPS) is 15.9. The minimum Gasteiger partial charge on any atom is -0.378 e. The first-order chi connectivity index (χ1) is 11.6. The van der Waals surface area contributed by atoms with Gasteiger partial charge in [-0.2, -0.15) is 0 Å². The van der Waals surface area contributed by atoms with Crippen molar-refractivity contribution in [2.24, 2.45) is 0 Å². The smallest absolute Gasteiger partial charge is 0.128 e. The van der Waals surface area contributed by atoms with E-state index in [0.29, 0.717) is 0 Å². The van der Waals surface area contributed by atoms with Gasteiger partial charge in [-0.25, -0.2) is 4.98 Å². The SMILES string of the molecule is CC(Nc1ccc(N2CCOCC2)nc1)c1ccccc1N(C)C. The number of pyridine rings is 1. The van der Waals surface area contributed by atoms with Gasteiger partial charge in [-0.3, -0.25) is 0 Å². The molecule has 128 valence electrons. The maximum atomic E-state index is 5.39. The summed E-state index contributed by atoms with van der Waals surface area (Å²) in [6.07, 6.45) is 1.92. The number of ether oxygens (including phenoxy) is 1. The monoisotopic (exact) mass is 326 g/mol. The molecule has 0 aliphatic carbocycles. The molecule has 1 aromatic carbocycles. The second-order valence-electron chi connectivity index (χ2n) is 6.32. The molecule has 1 saturated heterocycles. The number of hydrogen-bond donors (Lipinski definition) is 1. The topological polar surface area (TPSA) is 40.6 Å². The first-order valence-electron chi connectivity index (χ1n) is 8.46. The van der Waals surface area contributed by atoms with E-state index in [9.17, 15) is 0 Å². The van der Waals surface area contributed by atoms with Crippen molar-refractivity contribution in [3.8, 4) is 0 Å². The van der Waals surface area contributed by atoms with E-state index in [4.69, 9.17) is 4.74 Å². The molecule has 1 unspecified atom stereocenters. The maximum absolute atomic E-state index is 5.39. The Balaban J connectivity index is 1.69. The predicted octanol–water partition coefficient (Wildman–Crippen LogP) is 3.16. The number of nitrogens with zero attached hydrogens (tertiary/aromatic N) is 3. The molecule has 1 N–H and O–H groups in total. The third kappa shape index (κ3) is 3.79. The molecule has 0 spiro atoms. The average molecular weight is 326 g/mol. The lowest BCUT2D eigenvalue weighted by Crippen LogP contribution is -2.36. The standard InChI is InChI=1S/C19H26N4O/c1-15(17-6-4-5-7-18(17)22(2)3)21-16-8-9-19(20-14-16)23-10-12-24-13-11-23/h4-9,14-15,21H,10-13H2,1-3H3. The number of anilines is 3. The maximum Gasteiger partial charge on any atom is 0.128 e. The second kappa shape index (κ2) is 7.53. The summed E-state index contributed by atoms with van der Waals surface area (Å²) in [4.78, 5) is 9.01. The fourth-order valence-electron chi connectivity index (χ4n) is 3.04. The summed E-state index contributed by atoms with van der Waals surface area (Å²) in [6.45, 7) is 5.55. The van der Waals surface area contributed by atoms with Crippen molar-refractivity contribution in [1.82, 2.24) is 4.98 Å². The van der Waals surface area contributed by atoms with Crippen LogP contribution in [0.25, 0.3) is 0 Å². The molecular formula is C19H26N4O. The third-order valence-corrected chi connectivity index (χ3v) is 4.35. The van der Waals surface area contributed by atoms with Gasteiger partial charge in [-0.05, 0) is 30.7 Å². The quantitative estimate of drug-likeness (QED) is 0.914. The Morgan fingerprint density at radius 1 is 1.12 bits per heavy atom. The summed E-state index contributed by atoms with van der Waals surface area (Å²) in [5, 5.41) is 3.55. The van der Waals surface area contributed by atoms with Crippen molar-refractivity contribution in [2.45, 2.75) is 13.0 Å². The minimum absolute atomic E-state index is 0.208. The Morgan fingerprint density at radius 2 is 1.88 bits per heavy atom. The van der Waals surface area contributed by atoms with Crippen LogP contribution in [0.5, 0.6) is 0 Å². The van der Waals surface area contributed by atoms with E-state index in [1.54, 1.807) is 0 Å². The van der Waals surface area contributed by atoms with Gasteiger partial charge in [0.2, 0.25) is 0 Å². The van der Waals surface area contributed by atoms with Crippen molar-refractivity contribution < 1.29 is 4.74 Å². The van der Waals surface area contributed by atoms with Crippen LogP contribution in [0.2, 0.25) is 0 Å². The second-order valence-corrected chi connectivity index (χ2v) is 6.32. The van der Waals surface area contributed by atoms with Crippen LogP contribution in [0, 0.1) is 0 Å². The lowest BCUT2D eigenvalue weighted by Gasteiger charge is -2.28. The molecule has 0 radical (unpaired) electrons. The van der Waals surface area contributed by atoms with Crippen molar-refractivity contribution >= 4 is 17.2 Å². The Kier molecular flexibility index (Phi) is 5.20. The lowest BCUT2D eigenvalue weighted by atomic mass is 10.1. The van der Waals surface area contributed by atoms with Crippen LogP contribution in [0.15, 0.2) is 42.6 Å². The summed E-state index contributed by atoms with van der Waals surface area (Å²) in [7, 11) is 4.15. The van der Waals surface area contributed by atoms with E-state index < -0.39 is 0 Å². The Bertz CT molecular complexity index is 651. The first kappa shape index (κ1) is 16.6. The van der Waals surface area contributed by atoms with Gasteiger partial charge in [0.05, 0.1) is 31.1 Å². The van der Waals surface area contributed by atoms with Crippen LogP contribution >= 0.6 is 0 Å². The summed E-state index contributed by atoms with van der Waals surface area (Å²) in [5.41, 5.74) is 3.54. The van der Waals surface area contributed by atoms with E-state index in [1.165, 1.54) is 11.3 Å². The number of benzene rings is 1. The van der Waals surface area contributed by atoms with Gasteiger partial charge in [0.25, 0.3) is 0 Å². The molecule has 5 nitrogen and oxygen atoms in total. The zero-order chi connectivity index (χ0) is 16.9. The Morgan fingerprint density at radius 3 is 2.54 bits per heavy atom. The molecule has 1 aliphatic rings. The van der Waals surface area contributed by atoms with Gasteiger partial charge in [-0.15, -0.1) is 0 Å². The Labute approximate surface area is 144 Å². The van der Waals surface area contributed by atoms with E-state index in [2.05, 4.69) is 77.5 Å². The molecular weight excluding hydrogens is 300 g/mol. The molecule has 1 aromatic heterocycles. The number of nitrogens with one attached hydrogen (secondary N) is 1. The van der Waals surface area contributed by atoms with Crippen molar-refractivity contribution in [2.75, 3.05) is 55.5 Å². The summed E-state index contributed by atoms with van der Waals surface area (Å²) < 4.78 is 5.39. The van der Waals surface area contributed by atoms with Gasteiger partial charge >= 0.3 is 0 Å². The molecule has 1 atom stereocenters. The summed E-state index contributed by atoms with van der Waals surface area (Å²) >= 11 is 0. The number of hydrogen-bond acceptors (Lipinski definition) is 5. The minimum atomic E-state index is 0.208. The van der Waals surface area contributed by atoms with Gasteiger partial charge in [0.15, 0.2) is 0 Å². The van der Waals surface area contributed by atoms with Crippen molar-refractivity contribution in [3.63, 3.8) is 0 Å². The molecule has 2 aromatic rings. The molecule has 0 amide bonds. The van der Waals surface area contributed by atoms with Crippen molar-refractivity contribution in [3.05, 3.63) is 48.2 Å². The van der Waals surface area contributed by atoms with Gasteiger partial charge in [-0.1, -0.05) is 18.2 Å². The predicted molar refractivity (Wildman–Crippen MR) is 100 cm³/mol. The van der Waals surface area contributed by atoms with Crippen LogP contribution < -0.4 is 15.1 Å². The zero-order valence-corrected chi connectivity index (χ0v) is 14.7. The molecule has 0 bridgehead atoms. The largest absolute Gasteiger partial charge is 0.378 e. The summed E-state index contributed by atoms with van der Waals surface area (Å²) in [6, 6.07) is 12.9. The highest BCUT2D eigenvalue weighted by molar-refractivity contribution is 5.57. The fraction of sp³-hybridized carbons (Fsp3) is 0.421. The summed E-state index contributed by atoms with van der Waals surface area (Å²) in [5.74, 6) is 1.02. The molecule has 5 heteroatoms. The highest BCUT2D eigenvalue weighted by atomic mass is 16.5. The van der Waals surface area contributed by atoms with Crippen LogP contribution in [0.3, 0.4) is 0 Å². The van der Waals surface area contributed by atoms with E-state index in [1.807, 2.05) is 6.20 Å². The number of rotatable bonds is 5. The molecule has 24 heavy (non-hydrogen) atoms. The van der Waals surface area contributed by atoms with Gasteiger partial charge in [0.1, 0.15) is 5.82 Å². The fourth-order valence-corrected chi connectivity index (χ4v) is 3.04. The molecule has 1 aliphatic heterocycles. The van der Waals surface area contributed by atoms with Gasteiger partial charge < -0.3 is 19.9 Å². The first-order valence-corrected chi connectivity index (χ1v) is 8.46. The number of morpholine rings is 1. The number of aromatic nitrogens is 1. The number of para-hydroxylation sites is 1. The third-order valence-electron chi connectivity index (χ3n) is 4.35. The van der Waals surface area contributed by atoms with Crippen LogP contribution in [0.1, 0.15) is 18.5 Å². The Hall–Kier alpha value is -2.27. The van der Waals surface area contributed by atoms with Crippen LogP contribution in [0.4, 0.5) is 17.2 Å². The van der Waals surface area contributed by atoms with Crippen LogP contribution in [-0.2, 0) is 4.74 Å². The zero-order valence-electron chi connectivity index (χ0n) is 14.7. The molecule has 0 saturated carbocycles. The average Bonchev–Trinajstić information content (AvgIpc) is 2.63. The van der Waals surface area contributed by atoms with Crippen molar-refractivity contribution in [1.29, 1.82) is 0 Å².